The molecule has 0 atom stereocenters. The smallest absolute Gasteiger partial charge is 0.267 e. The van der Waals surface area contributed by atoms with Gasteiger partial charge in [0.25, 0.3) is 5.56 Å². The molecule has 19 heavy (non-hydrogen) atoms. The highest BCUT2D eigenvalue weighted by atomic mass is 16.1. The van der Waals surface area contributed by atoms with Crippen molar-refractivity contribution in [1.82, 2.24) is 14.8 Å². The van der Waals surface area contributed by atoms with Gasteiger partial charge >= 0.3 is 0 Å². The fourth-order valence-electron chi connectivity index (χ4n) is 2.21. The molecule has 0 saturated carbocycles. The molecule has 1 N–H and O–H groups in total. The molecule has 0 unspecified atom stereocenters. The molecule has 2 aromatic heterocycles. The van der Waals surface area contributed by atoms with E-state index in [1.54, 1.807) is 17.1 Å². The zero-order valence-electron chi connectivity index (χ0n) is 10.5. The van der Waals surface area contributed by atoms with Crippen molar-refractivity contribution in [3.8, 4) is 16.8 Å². The maximum atomic E-state index is 12.1. The second-order valence-electron chi connectivity index (χ2n) is 4.31. The minimum atomic E-state index is -0.0902. The monoisotopic (exact) mass is 251 g/mol. The number of H-pyrrole nitrogens is 1. The number of pyridine rings is 1. The van der Waals surface area contributed by atoms with Crippen LogP contribution in [-0.2, 0) is 0 Å². The zero-order valence-corrected chi connectivity index (χ0v) is 10.5. The first-order chi connectivity index (χ1) is 9.27. The van der Waals surface area contributed by atoms with E-state index >= 15 is 0 Å². The molecule has 0 aliphatic carbocycles. The first-order valence-corrected chi connectivity index (χ1v) is 6.05. The van der Waals surface area contributed by atoms with Gasteiger partial charge in [-0.15, -0.1) is 0 Å². The average Bonchev–Trinajstić information content (AvgIpc) is 2.76. The van der Waals surface area contributed by atoms with Crippen LogP contribution in [0.25, 0.3) is 16.8 Å². The van der Waals surface area contributed by atoms with Gasteiger partial charge in [-0.1, -0.05) is 18.2 Å². The minimum absolute atomic E-state index is 0.0902. The molecule has 4 heteroatoms. The van der Waals surface area contributed by atoms with E-state index in [9.17, 15) is 4.79 Å². The maximum Gasteiger partial charge on any atom is 0.272 e. The van der Waals surface area contributed by atoms with Gasteiger partial charge in [0.2, 0.25) is 0 Å². The molecule has 0 bridgehead atoms. The first-order valence-electron chi connectivity index (χ1n) is 6.05. The third kappa shape index (κ3) is 1.97. The average molecular weight is 251 g/mol. The number of hydrogen-bond acceptors (Lipinski definition) is 2. The number of aromatic amines is 1. The van der Waals surface area contributed by atoms with Gasteiger partial charge in [0, 0.05) is 12.4 Å². The van der Waals surface area contributed by atoms with Crippen LogP contribution in [0.3, 0.4) is 0 Å². The highest BCUT2D eigenvalue weighted by Crippen LogP contribution is 2.20. The molecule has 3 aromatic rings. The Hall–Kier alpha value is -2.62. The summed E-state index contributed by atoms with van der Waals surface area (Å²) in [5.74, 6) is 0. The van der Waals surface area contributed by atoms with Crippen molar-refractivity contribution in [2.24, 2.45) is 0 Å². The second-order valence-corrected chi connectivity index (χ2v) is 4.31. The molecule has 0 aliphatic heterocycles. The number of rotatable bonds is 2. The van der Waals surface area contributed by atoms with Gasteiger partial charge in [-0.3, -0.25) is 19.6 Å². The van der Waals surface area contributed by atoms with E-state index in [0.717, 1.165) is 16.9 Å². The Balaban J connectivity index is 2.20. The van der Waals surface area contributed by atoms with Crippen molar-refractivity contribution in [2.45, 2.75) is 6.92 Å². The van der Waals surface area contributed by atoms with Crippen LogP contribution in [0.1, 0.15) is 5.69 Å². The van der Waals surface area contributed by atoms with E-state index < -0.39 is 0 Å². The summed E-state index contributed by atoms with van der Waals surface area (Å²) in [5, 5.41) is 2.87. The van der Waals surface area contributed by atoms with Gasteiger partial charge in [-0.25, -0.2) is 0 Å². The number of para-hydroxylation sites is 1. The number of benzene rings is 1. The molecule has 3 rings (SSSR count). The molecule has 0 fully saturated rings. The predicted octanol–water partition coefficient (Wildman–Crippen LogP) is 2.54. The summed E-state index contributed by atoms with van der Waals surface area (Å²) in [7, 11) is 0. The molecule has 4 nitrogen and oxygen atoms in total. The van der Waals surface area contributed by atoms with Crippen molar-refractivity contribution in [1.29, 1.82) is 0 Å². The summed E-state index contributed by atoms with van der Waals surface area (Å²) >= 11 is 0. The van der Waals surface area contributed by atoms with E-state index in [-0.39, 0.29) is 5.56 Å². The lowest BCUT2D eigenvalue weighted by molar-refractivity contribution is 0.834. The summed E-state index contributed by atoms with van der Waals surface area (Å²) in [6, 6.07) is 13.4. The Bertz CT molecular complexity index is 742. The number of nitrogens with zero attached hydrogens (tertiary/aromatic N) is 2. The molecule has 0 aliphatic rings. The van der Waals surface area contributed by atoms with Crippen LogP contribution in [0.5, 0.6) is 0 Å². The van der Waals surface area contributed by atoms with Crippen LogP contribution in [0, 0.1) is 6.92 Å². The molecule has 2 heterocycles. The van der Waals surface area contributed by atoms with Crippen molar-refractivity contribution in [3.05, 3.63) is 70.9 Å². The van der Waals surface area contributed by atoms with Crippen LogP contribution in [-0.4, -0.2) is 14.8 Å². The highest BCUT2D eigenvalue weighted by Gasteiger charge is 2.13. The molecular formula is C15H13N3O. The lowest BCUT2D eigenvalue weighted by Crippen LogP contribution is -2.05. The van der Waals surface area contributed by atoms with Crippen molar-refractivity contribution in [3.63, 3.8) is 0 Å². The van der Waals surface area contributed by atoms with Gasteiger partial charge in [0.1, 0.15) is 0 Å². The largest absolute Gasteiger partial charge is 0.272 e. The summed E-state index contributed by atoms with van der Waals surface area (Å²) in [6.45, 7) is 1.93. The van der Waals surface area contributed by atoms with Crippen molar-refractivity contribution >= 4 is 0 Å². The molecule has 0 amide bonds. The molecule has 1 aromatic carbocycles. The first kappa shape index (κ1) is 11.5. The lowest BCUT2D eigenvalue weighted by atomic mass is 10.1. The van der Waals surface area contributed by atoms with Crippen LogP contribution < -0.4 is 5.56 Å². The van der Waals surface area contributed by atoms with Gasteiger partial charge < -0.3 is 0 Å². The van der Waals surface area contributed by atoms with E-state index in [2.05, 4.69) is 10.1 Å². The van der Waals surface area contributed by atoms with Gasteiger partial charge in [-0.2, -0.15) is 0 Å². The normalized spacial score (nSPS) is 10.6. The van der Waals surface area contributed by atoms with Crippen LogP contribution in [0.15, 0.2) is 59.7 Å². The van der Waals surface area contributed by atoms with Crippen LogP contribution in [0.2, 0.25) is 0 Å². The Morgan fingerprint density at radius 2 is 1.74 bits per heavy atom. The van der Waals surface area contributed by atoms with E-state index in [4.69, 9.17) is 0 Å². The van der Waals surface area contributed by atoms with Gasteiger partial charge in [0.05, 0.1) is 16.9 Å². The maximum absolute atomic E-state index is 12.1. The Kier molecular flexibility index (Phi) is 2.76. The quantitative estimate of drug-likeness (QED) is 0.761. The Labute approximate surface area is 110 Å². The molecule has 0 saturated heterocycles. The lowest BCUT2D eigenvalue weighted by Gasteiger charge is -2.05. The van der Waals surface area contributed by atoms with E-state index in [1.807, 2.05) is 49.4 Å². The summed E-state index contributed by atoms with van der Waals surface area (Å²) in [4.78, 5) is 16.1. The zero-order chi connectivity index (χ0) is 13.2. The molecule has 94 valence electrons. The summed E-state index contributed by atoms with van der Waals surface area (Å²) in [6.07, 6.45) is 3.38. The van der Waals surface area contributed by atoms with Crippen molar-refractivity contribution < 1.29 is 0 Å². The Morgan fingerprint density at radius 1 is 1.05 bits per heavy atom. The standard InChI is InChI=1S/C15H13N3O/c1-11-14(12-7-9-16-10-8-12)15(19)17-18(11)13-5-3-2-4-6-13/h2-10H,1H3,(H,17,19). The van der Waals surface area contributed by atoms with Crippen LogP contribution in [0.4, 0.5) is 0 Å². The van der Waals surface area contributed by atoms with E-state index in [1.165, 1.54) is 0 Å². The highest BCUT2D eigenvalue weighted by molar-refractivity contribution is 5.65. The molecule has 0 spiro atoms. The van der Waals surface area contributed by atoms with Gasteiger partial charge in [0.15, 0.2) is 0 Å². The van der Waals surface area contributed by atoms with E-state index in [0.29, 0.717) is 5.56 Å². The minimum Gasteiger partial charge on any atom is -0.267 e. The Morgan fingerprint density at radius 3 is 2.42 bits per heavy atom. The predicted molar refractivity (Wildman–Crippen MR) is 74.4 cm³/mol. The van der Waals surface area contributed by atoms with Crippen molar-refractivity contribution in [2.75, 3.05) is 0 Å². The fourth-order valence-corrected chi connectivity index (χ4v) is 2.21. The van der Waals surface area contributed by atoms with Crippen LogP contribution >= 0.6 is 0 Å². The number of aromatic nitrogens is 3. The topological polar surface area (TPSA) is 50.7 Å². The number of nitrogens with one attached hydrogen (secondary N) is 1. The summed E-state index contributed by atoms with van der Waals surface area (Å²) < 4.78 is 1.80. The SMILES string of the molecule is Cc1c(-c2ccncc2)c(=O)[nH]n1-c1ccccc1. The second kappa shape index (κ2) is 4.57. The van der Waals surface area contributed by atoms with Gasteiger partial charge in [-0.05, 0) is 36.8 Å². The number of hydrogen-bond donors (Lipinski definition) is 1. The molecule has 0 radical (unpaired) electrons. The third-order valence-corrected chi connectivity index (χ3v) is 3.12. The fraction of sp³-hybridized carbons (Fsp3) is 0.0667. The summed E-state index contributed by atoms with van der Waals surface area (Å²) in [5.41, 5.74) is 3.31. The third-order valence-electron chi connectivity index (χ3n) is 3.12. The molecular weight excluding hydrogens is 238 g/mol.